The molecule has 1 fully saturated rings. The fourth-order valence-corrected chi connectivity index (χ4v) is 1.63. The number of benzene rings is 1. The quantitative estimate of drug-likeness (QED) is 0.811. The zero-order valence-corrected chi connectivity index (χ0v) is 10.3. The van der Waals surface area contributed by atoms with Gasteiger partial charge in [0.05, 0.1) is 19.3 Å². The molecule has 0 radical (unpaired) electrons. The molecule has 98 valence electrons. The summed E-state index contributed by atoms with van der Waals surface area (Å²) in [4.78, 5) is 11.6. The first kappa shape index (κ1) is 12.8. The number of methoxy groups -OCH3 is 1. The van der Waals surface area contributed by atoms with Crippen LogP contribution in [0.25, 0.3) is 0 Å². The first-order chi connectivity index (χ1) is 8.69. The molecule has 1 saturated carbocycles. The van der Waals surface area contributed by atoms with Crippen molar-refractivity contribution < 1.29 is 13.9 Å². The molecular formula is C13H17FN2O2. The third kappa shape index (κ3) is 3.70. The van der Waals surface area contributed by atoms with Crippen LogP contribution in [0.15, 0.2) is 18.2 Å². The van der Waals surface area contributed by atoms with Crippen molar-refractivity contribution >= 4 is 11.6 Å². The van der Waals surface area contributed by atoms with Gasteiger partial charge >= 0.3 is 0 Å². The number of amides is 1. The summed E-state index contributed by atoms with van der Waals surface area (Å²) in [5.74, 6) is 0.512. The summed E-state index contributed by atoms with van der Waals surface area (Å²) in [5.41, 5.74) is 0.146. The Morgan fingerprint density at radius 3 is 2.94 bits per heavy atom. The zero-order chi connectivity index (χ0) is 13.0. The Morgan fingerprint density at radius 1 is 1.50 bits per heavy atom. The van der Waals surface area contributed by atoms with Crippen molar-refractivity contribution in [3.05, 3.63) is 24.0 Å². The minimum atomic E-state index is -0.466. The van der Waals surface area contributed by atoms with E-state index in [-0.39, 0.29) is 18.1 Å². The summed E-state index contributed by atoms with van der Waals surface area (Å²) < 4.78 is 18.4. The van der Waals surface area contributed by atoms with E-state index < -0.39 is 5.82 Å². The van der Waals surface area contributed by atoms with E-state index in [1.54, 1.807) is 0 Å². The van der Waals surface area contributed by atoms with Crippen molar-refractivity contribution in [2.24, 2.45) is 5.92 Å². The summed E-state index contributed by atoms with van der Waals surface area (Å²) in [7, 11) is 1.50. The minimum Gasteiger partial charge on any atom is -0.497 e. The van der Waals surface area contributed by atoms with Crippen molar-refractivity contribution in [1.82, 2.24) is 5.32 Å². The number of anilines is 1. The molecule has 4 nitrogen and oxygen atoms in total. The lowest BCUT2D eigenvalue weighted by Crippen LogP contribution is -2.29. The molecule has 0 bridgehead atoms. The number of halogens is 1. The van der Waals surface area contributed by atoms with Gasteiger partial charge in [0.1, 0.15) is 11.6 Å². The molecule has 2 N–H and O–H groups in total. The Bertz CT molecular complexity index is 433. The van der Waals surface area contributed by atoms with Crippen LogP contribution in [0.5, 0.6) is 5.75 Å². The molecule has 0 heterocycles. The summed E-state index contributed by atoms with van der Waals surface area (Å²) in [6.07, 6.45) is 2.47. The fourth-order valence-electron chi connectivity index (χ4n) is 1.63. The second-order valence-corrected chi connectivity index (χ2v) is 4.47. The van der Waals surface area contributed by atoms with Crippen molar-refractivity contribution in [2.45, 2.75) is 12.8 Å². The molecule has 0 saturated heterocycles. The average molecular weight is 252 g/mol. The minimum absolute atomic E-state index is 0.146. The smallest absolute Gasteiger partial charge is 0.238 e. The molecule has 2 rings (SSSR count). The molecule has 0 atom stereocenters. The molecule has 1 aliphatic rings. The molecule has 0 aliphatic heterocycles. The normalized spacial score (nSPS) is 14.3. The van der Waals surface area contributed by atoms with Gasteiger partial charge in [-0.05, 0) is 37.4 Å². The molecule has 0 aromatic heterocycles. The van der Waals surface area contributed by atoms with E-state index in [0.717, 1.165) is 6.54 Å². The highest BCUT2D eigenvalue weighted by molar-refractivity contribution is 5.92. The maximum Gasteiger partial charge on any atom is 0.238 e. The number of rotatable bonds is 6. The second-order valence-electron chi connectivity index (χ2n) is 4.47. The summed E-state index contributed by atoms with van der Waals surface area (Å²) in [5, 5.41) is 5.57. The summed E-state index contributed by atoms with van der Waals surface area (Å²) >= 11 is 0. The van der Waals surface area contributed by atoms with Gasteiger partial charge in [-0.3, -0.25) is 4.79 Å². The zero-order valence-electron chi connectivity index (χ0n) is 10.3. The van der Waals surface area contributed by atoms with E-state index in [9.17, 15) is 9.18 Å². The molecule has 0 unspecified atom stereocenters. The van der Waals surface area contributed by atoms with E-state index in [0.29, 0.717) is 11.7 Å². The fraction of sp³-hybridized carbons (Fsp3) is 0.462. The Hall–Kier alpha value is -1.62. The Morgan fingerprint density at radius 2 is 2.28 bits per heavy atom. The van der Waals surface area contributed by atoms with Crippen molar-refractivity contribution in [3.63, 3.8) is 0 Å². The second kappa shape index (κ2) is 5.82. The van der Waals surface area contributed by atoms with Gasteiger partial charge in [-0.15, -0.1) is 0 Å². The van der Waals surface area contributed by atoms with Gasteiger partial charge in [0.15, 0.2) is 0 Å². The Balaban J connectivity index is 1.84. The van der Waals surface area contributed by atoms with Gasteiger partial charge in [-0.2, -0.15) is 0 Å². The van der Waals surface area contributed by atoms with Crippen LogP contribution >= 0.6 is 0 Å². The predicted octanol–water partition coefficient (Wildman–Crippen LogP) is 1.77. The number of ether oxygens (including phenoxy) is 1. The van der Waals surface area contributed by atoms with E-state index in [1.807, 2.05) is 0 Å². The number of hydrogen-bond acceptors (Lipinski definition) is 3. The van der Waals surface area contributed by atoms with Crippen LogP contribution in [-0.2, 0) is 4.79 Å². The summed E-state index contributed by atoms with van der Waals surface area (Å²) in [6, 6.07) is 4.25. The van der Waals surface area contributed by atoms with Crippen LogP contribution in [0.2, 0.25) is 0 Å². The van der Waals surface area contributed by atoms with Crippen LogP contribution in [0.4, 0.5) is 10.1 Å². The Labute approximate surface area is 106 Å². The lowest BCUT2D eigenvalue weighted by Gasteiger charge is -2.08. The molecule has 1 aromatic carbocycles. The number of nitrogens with one attached hydrogen (secondary N) is 2. The highest BCUT2D eigenvalue weighted by Gasteiger charge is 2.20. The monoisotopic (exact) mass is 252 g/mol. The van der Waals surface area contributed by atoms with Crippen molar-refractivity contribution in [1.29, 1.82) is 0 Å². The van der Waals surface area contributed by atoms with Crippen LogP contribution in [0.1, 0.15) is 12.8 Å². The van der Waals surface area contributed by atoms with Gasteiger partial charge in [-0.25, -0.2) is 4.39 Å². The number of carbonyl (C=O) groups excluding carboxylic acids is 1. The summed E-state index contributed by atoms with van der Waals surface area (Å²) in [6.45, 7) is 1.06. The SMILES string of the molecule is COc1ccc(F)c(NC(=O)CNCC2CC2)c1. The van der Waals surface area contributed by atoms with Crippen LogP contribution in [0.3, 0.4) is 0 Å². The predicted molar refractivity (Wildman–Crippen MR) is 67.2 cm³/mol. The van der Waals surface area contributed by atoms with E-state index in [2.05, 4.69) is 10.6 Å². The number of carbonyl (C=O) groups is 1. The standard InChI is InChI=1S/C13H17FN2O2/c1-18-10-4-5-11(14)12(6-10)16-13(17)8-15-7-9-2-3-9/h4-6,9,15H,2-3,7-8H2,1H3,(H,16,17). The third-order valence-corrected chi connectivity index (χ3v) is 2.86. The first-order valence-electron chi connectivity index (χ1n) is 6.03. The number of hydrogen-bond donors (Lipinski definition) is 2. The average Bonchev–Trinajstić information content (AvgIpc) is 3.16. The topological polar surface area (TPSA) is 50.4 Å². The van der Waals surface area contributed by atoms with Gasteiger partial charge in [0, 0.05) is 6.07 Å². The molecule has 18 heavy (non-hydrogen) atoms. The maximum absolute atomic E-state index is 13.4. The molecule has 1 aliphatic carbocycles. The lowest BCUT2D eigenvalue weighted by atomic mass is 10.3. The molecule has 5 heteroatoms. The first-order valence-corrected chi connectivity index (χ1v) is 6.03. The van der Waals surface area contributed by atoms with Crippen molar-refractivity contribution in [3.8, 4) is 5.75 Å². The highest BCUT2D eigenvalue weighted by Crippen LogP contribution is 2.27. The van der Waals surface area contributed by atoms with E-state index in [4.69, 9.17) is 4.74 Å². The molecule has 1 amide bonds. The van der Waals surface area contributed by atoms with Gasteiger partial charge in [0.2, 0.25) is 5.91 Å². The molecule has 1 aromatic rings. The third-order valence-electron chi connectivity index (χ3n) is 2.86. The Kier molecular flexibility index (Phi) is 4.15. The molecular weight excluding hydrogens is 235 g/mol. The van der Waals surface area contributed by atoms with Gasteiger partial charge < -0.3 is 15.4 Å². The van der Waals surface area contributed by atoms with E-state index in [1.165, 1.54) is 38.2 Å². The lowest BCUT2D eigenvalue weighted by molar-refractivity contribution is -0.115. The van der Waals surface area contributed by atoms with Crippen LogP contribution in [0, 0.1) is 11.7 Å². The maximum atomic E-state index is 13.4. The van der Waals surface area contributed by atoms with Crippen molar-refractivity contribution in [2.75, 3.05) is 25.5 Å². The van der Waals surface area contributed by atoms with E-state index >= 15 is 0 Å². The highest BCUT2D eigenvalue weighted by atomic mass is 19.1. The van der Waals surface area contributed by atoms with Gasteiger partial charge in [-0.1, -0.05) is 0 Å². The largest absolute Gasteiger partial charge is 0.497 e. The van der Waals surface area contributed by atoms with Crippen LogP contribution < -0.4 is 15.4 Å². The van der Waals surface area contributed by atoms with Gasteiger partial charge in [0.25, 0.3) is 0 Å². The van der Waals surface area contributed by atoms with Crippen LogP contribution in [-0.4, -0.2) is 26.1 Å². The molecule has 0 spiro atoms.